The van der Waals surface area contributed by atoms with Gasteiger partial charge < -0.3 is 4.74 Å². The maximum Gasteiger partial charge on any atom is 0.264 e. The van der Waals surface area contributed by atoms with Crippen molar-refractivity contribution in [1.82, 2.24) is 5.32 Å². The van der Waals surface area contributed by atoms with Gasteiger partial charge in [-0.3, -0.25) is 5.32 Å². The second kappa shape index (κ2) is 5.75. The van der Waals surface area contributed by atoms with E-state index >= 15 is 0 Å². The van der Waals surface area contributed by atoms with Crippen LogP contribution >= 0.6 is 0 Å². The van der Waals surface area contributed by atoms with Crippen LogP contribution in [0.25, 0.3) is 0 Å². The van der Waals surface area contributed by atoms with E-state index in [1.807, 2.05) is 0 Å². The van der Waals surface area contributed by atoms with Gasteiger partial charge in [0.05, 0.1) is 0 Å². The van der Waals surface area contributed by atoms with Crippen LogP contribution in [0, 0.1) is 0 Å². The minimum Gasteiger partial charge on any atom is -0.351 e. The summed E-state index contributed by atoms with van der Waals surface area (Å²) in [6.07, 6.45) is 0.678. The Balaban J connectivity index is 2.61. The summed E-state index contributed by atoms with van der Waals surface area (Å²) >= 11 is 0. The molecule has 0 radical (unpaired) electrons. The van der Waals surface area contributed by atoms with Gasteiger partial charge in [0.25, 0.3) is 6.43 Å². The molecule has 0 aromatic heterocycles. The Labute approximate surface area is 90.4 Å². The number of hydrogen-bond acceptors (Lipinski definition) is 2. The summed E-state index contributed by atoms with van der Waals surface area (Å²) in [6, 6.07) is 0. The largest absolute Gasteiger partial charge is 0.351 e. The smallest absolute Gasteiger partial charge is 0.264 e. The summed E-state index contributed by atoms with van der Waals surface area (Å²) < 4.78 is 30.7. The molecule has 1 atom stereocenters. The molecule has 0 bridgehead atoms. The third kappa shape index (κ3) is 3.38. The highest BCUT2D eigenvalue weighted by Gasteiger charge is 2.38. The molecule has 0 aromatic carbocycles. The number of alkyl halides is 2. The number of hydrogen-bond donors (Lipinski definition) is 1. The van der Waals surface area contributed by atoms with Crippen LogP contribution in [0.4, 0.5) is 8.78 Å². The predicted octanol–water partition coefficient (Wildman–Crippen LogP) is 2.93. The zero-order chi connectivity index (χ0) is 11.3. The molecule has 1 aliphatic rings. The Morgan fingerprint density at radius 3 is 2.40 bits per heavy atom. The van der Waals surface area contributed by atoms with Crippen molar-refractivity contribution in [2.75, 3.05) is 6.54 Å². The van der Waals surface area contributed by atoms with E-state index in [9.17, 15) is 8.78 Å². The zero-order valence-corrected chi connectivity index (χ0v) is 9.56. The topological polar surface area (TPSA) is 21.3 Å². The van der Waals surface area contributed by atoms with Crippen LogP contribution in [0.15, 0.2) is 0 Å². The van der Waals surface area contributed by atoms with E-state index in [-0.39, 0.29) is 0 Å². The molecule has 1 rings (SSSR count). The van der Waals surface area contributed by atoms with E-state index in [1.165, 1.54) is 0 Å². The Bertz CT molecular complexity index is 176. The average Bonchev–Trinajstić information content (AvgIpc) is 2.18. The van der Waals surface area contributed by atoms with E-state index in [4.69, 9.17) is 4.74 Å². The number of halogens is 2. The lowest BCUT2D eigenvalue weighted by molar-refractivity contribution is -0.190. The molecule has 1 N–H and O–H groups in total. The fourth-order valence-electron chi connectivity index (χ4n) is 2.24. The molecular weight excluding hydrogens is 200 g/mol. The number of ether oxygens (including phenoxy) is 1. The van der Waals surface area contributed by atoms with Crippen molar-refractivity contribution in [2.45, 2.75) is 64.2 Å². The first-order valence-corrected chi connectivity index (χ1v) is 5.84. The third-order valence-corrected chi connectivity index (χ3v) is 2.84. The van der Waals surface area contributed by atoms with Gasteiger partial charge in [-0.25, -0.2) is 8.78 Å². The lowest BCUT2D eigenvalue weighted by atomic mass is 9.99. The van der Waals surface area contributed by atoms with Crippen LogP contribution in [-0.4, -0.2) is 24.8 Å². The number of rotatable bonds is 5. The Morgan fingerprint density at radius 1 is 1.33 bits per heavy atom. The normalized spacial score (nSPS) is 25.8. The van der Waals surface area contributed by atoms with Gasteiger partial charge in [-0.15, -0.1) is 0 Å². The molecule has 1 saturated heterocycles. The van der Waals surface area contributed by atoms with Crippen molar-refractivity contribution in [2.24, 2.45) is 0 Å². The maximum absolute atomic E-state index is 12.6. The van der Waals surface area contributed by atoms with Gasteiger partial charge in [0.15, 0.2) is 0 Å². The van der Waals surface area contributed by atoms with Crippen molar-refractivity contribution in [1.29, 1.82) is 0 Å². The summed E-state index contributed by atoms with van der Waals surface area (Å²) in [5.74, 6) is 0. The van der Waals surface area contributed by atoms with Gasteiger partial charge in [0.2, 0.25) is 0 Å². The van der Waals surface area contributed by atoms with Crippen molar-refractivity contribution in [3.05, 3.63) is 0 Å². The first kappa shape index (κ1) is 12.8. The fraction of sp³-hybridized carbons (Fsp3) is 1.00. The second-order valence-corrected chi connectivity index (χ2v) is 4.20. The van der Waals surface area contributed by atoms with E-state index in [2.05, 4.69) is 19.2 Å². The van der Waals surface area contributed by atoms with E-state index < -0.39 is 18.3 Å². The van der Waals surface area contributed by atoms with Crippen molar-refractivity contribution >= 4 is 0 Å². The molecule has 1 fully saturated rings. The summed E-state index contributed by atoms with van der Waals surface area (Å²) in [7, 11) is 0. The monoisotopic (exact) mass is 221 g/mol. The average molecular weight is 221 g/mol. The summed E-state index contributed by atoms with van der Waals surface area (Å²) in [5, 5.41) is 3.26. The molecule has 0 aliphatic carbocycles. The zero-order valence-electron chi connectivity index (χ0n) is 9.56. The molecule has 4 heteroatoms. The van der Waals surface area contributed by atoms with Gasteiger partial charge in [-0.05, 0) is 19.3 Å². The highest BCUT2D eigenvalue weighted by atomic mass is 19.3. The summed E-state index contributed by atoms with van der Waals surface area (Å²) in [5.41, 5.74) is -0.497. The molecule has 1 aliphatic heterocycles. The second-order valence-electron chi connectivity index (χ2n) is 4.20. The van der Waals surface area contributed by atoms with Crippen LogP contribution in [0.5, 0.6) is 0 Å². The highest BCUT2D eigenvalue weighted by Crippen LogP contribution is 2.29. The molecule has 1 unspecified atom stereocenters. The molecule has 90 valence electrons. The molecule has 2 nitrogen and oxygen atoms in total. The Hall–Kier alpha value is -0.220. The van der Waals surface area contributed by atoms with Crippen molar-refractivity contribution < 1.29 is 13.5 Å². The van der Waals surface area contributed by atoms with Crippen LogP contribution in [0.3, 0.4) is 0 Å². The Morgan fingerprint density at radius 2 is 1.93 bits per heavy atom. The molecule has 0 saturated carbocycles. The van der Waals surface area contributed by atoms with Gasteiger partial charge in [-0.2, -0.15) is 0 Å². The highest BCUT2D eigenvalue weighted by molar-refractivity contribution is 4.84. The molecular formula is C11H21F2NO. The molecule has 0 spiro atoms. The van der Waals surface area contributed by atoms with Crippen LogP contribution in [0.2, 0.25) is 0 Å². The SMILES string of the molecule is CCCC1(CCC)NCCC(C(F)F)O1. The summed E-state index contributed by atoms with van der Waals surface area (Å²) in [4.78, 5) is 0. The van der Waals surface area contributed by atoms with Crippen LogP contribution in [0.1, 0.15) is 46.0 Å². The molecule has 15 heavy (non-hydrogen) atoms. The minimum absolute atomic E-state index is 0.410. The molecule has 0 amide bonds. The van der Waals surface area contributed by atoms with Gasteiger partial charge >= 0.3 is 0 Å². The van der Waals surface area contributed by atoms with E-state index in [0.717, 1.165) is 25.7 Å². The van der Waals surface area contributed by atoms with E-state index in [1.54, 1.807) is 0 Å². The van der Waals surface area contributed by atoms with Crippen LogP contribution in [-0.2, 0) is 4.74 Å². The standard InChI is InChI=1S/C11H21F2NO/c1-3-6-11(7-4-2)14-8-5-9(15-11)10(12)13/h9-10,14H,3-8H2,1-2H3. The molecule has 1 heterocycles. The van der Waals surface area contributed by atoms with Crippen molar-refractivity contribution in [3.8, 4) is 0 Å². The quantitative estimate of drug-likeness (QED) is 0.770. The minimum atomic E-state index is -2.36. The van der Waals surface area contributed by atoms with Crippen LogP contribution < -0.4 is 5.32 Å². The lowest BCUT2D eigenvalue weighted by Gasteiger charge is -2.42. The first-order chi connectivity index (χ1) is 7.13. The lowest BCUT2D eigenvalue weighted by Crippen LogP contribution is -2.56. The maximum atomic E-state index is 12.6. The van der Waals surface area contributed by atoms with Gasteiger partial charge in [-0.1, -0.05) is 26.7 Å². The first-order valence-electron chi connectivity index (χ1n) is 5.84. The molecule has 0 aromatic rings. The fourth-order valence-corrected chi connectivity index (χ4v) is 2.24. The van der Waals surface area contributed by atoms with Gasteiger partial charge in [0.1, 0.15) is 11.8 Å². The Kier molecular flexibility index (Phi) is 4.93. The predicted molar refractivity (Wildman–Crippen MR) is 56.0 cm³/mol. The third-order valence-electron chi connectivity index (χ3n) is 2.84. The van der Waals surface area contributed by atoms with E-state index in [0.29, 0.717) is 13.0 Å². The van der Waals surface area contributed by atoms with Crippen molar-refractivity contribution in [3.63, 3.8) is 0 Å². The van der Waals surface area contributed by atoms with Gasteiger partial charge in [0, 0.05) is 6.54 Å². The number of nitrogens with one attached hydrogen (secondary N) is 1. The summed E-state index contributed by atoms with van der Waals surface area (Å²) in [6.45, 7) is 4.73.